The highest BCUT2D eigenvalue weighted by Crippen LogP contribution is 2.40. The highest BCUT2D eigenvalue weighted by molar-refractivity contribution is 5.95. The third kappa shape index (κ3) is 2.78. The molecule has 2 aromatic rings. The topological polar surface area (TPSA) is 78.0 Å². The zero-order chi connectivity index (χ0) is 15.8. The molecule has 0 spiro atoms. The van der Waals surface area contributed by atoms with E-state index in [0.717, 1.165) is 43.4 Å². The van der Waals surface area contributed by atoms with Gasteiger partial charge in [-0.25, -0.2) is 15.0 Å². The number of hydrogen-bond acceptors (Lipinski definition) is 5. The minimum Gasteiger partial charge on any atom is -0.339 e. The highest BCUT2D eigenvalue weighted by atomic mass is 16.2. The van der Waals surface area contributed by atoms with Crippen LogP contribution in [-0.2, 0) is 0 Å². The minimum atomic E-state index is 0.0611. The van der Waals surface area contributed by atoms with Crippen molar-refractivity contribution >= 4 is 11.9 Å². The fourth-order valence-corrected chi connectivity index (χ4v) is 3.04. The van der Waals surface area contributed by atoms with Gasteiger partial charge in [0.1, 0.15) is 5.82 Å². The smallest absolute Gasteiger partial charge is 0.257 e. The van der Waals surface area contributed by atoms with E-state index >= 15 is 0 Å². The van der Waals surface area contributed by atoms with Crippen LogP contribution in [0.3, 0.4) is 0 Å². The number of carbonyl (C=O) groups excluding carboxylic acids is 1. The number of H-pyrrole nitrogens is 1. The van der Waals surface area contributed by atoms with E-state index in [1.165, 1.54) is 0 Å². The van der Waals surface area contributed by atoms with Crippen LogP contribution in [0.25, 0.3) is 0 Å². The van der Waals surface area contributed by atoms with Crippen molar-refractivity contribution in [3.63, 3.8) is 0 Å². The van der Waals surface area contributed by atoms with Gasteiger partial charge in [-0.05, 0) is 19.8 Å². The number of nitrogens with zero attached hydrogens (tertiary/aromatic N) is 5. The molecule has 4 rings (SSSR count). The van der Waals surface area contributed by atoms with Crippen molar-refractivity contribution in [2.75, 3.05) is 31.1 Å². The summed E-state index contributed by atoms with van der Waals surface area (Å²) in [7, 11) is 0. The lowest BCUT2D eigenvalue weighted by Crippen LogP contribution is -2.49. The molecule has 0 radical (unpaired) electrons. The Kier molecular flexibility index (Phi) is 3.48. The Labute approximate surface area is 134 Å². The predicted octanol–water partition coefficient (Wildman–Crippen LogP) is 1.35. The molecular weight excluding hydrogens is 292 g/mol. The van der Waals surface area contributed by atoms with Gasteiger partial charge in [0.25, 0.3) is 5.91 Å². The monoisotopic (exact) mass is 312 g/mol. The van der Waals surface area contributed by atoms with E-state index < -0.39 is 0 Å². The van der Waals surface area contributed by atoms with Gasteiger partial charge in [0.15, 0.2) is 0 Å². The molecule has 1 saturated heterocycles. The number of hydrogen-bond donors (Lipinski definition) is 1. The number of piperazine rings is 1. The van der Waals surface area contributed by atoms with E-state index in [-0.39, 0.29) is 5.91 Å². The number of aromatic amines is 1. The highest BCUT2D eigenvalue weighted by Gasteiger charge is 2.32. The van der Waals surface area contributed by atoms with Gasteiger partial charge in [-0.2, -0.15) is 0 Å². The van der Waals surface area contributed by atoms with Gasteiger partial charge in [0, 0.05) is 50.7 Å². The summed E-state index contributed by atoms with van der Waals surface area (Å²) in [5.74, 6) is 2.12. The van der Waals surface area contributed by atoms with E-state index in [1.54, 1.807) is 12.4 Å². The van der Waals surface area contributed by atoms with Crippen LogP contribution >= 0.6 is 0 Å². The lowest BCUT2D eigenvalue weighted by Gasteiger charge is -2.34. The Morgan fingerprint density at radius 3 is 2.65 bits per heavy atom. The van der Waals surface area contributed by atoms with Crippen molar-refractivity contribution in [3.05, 3.63) is 35.7 Å². The van der Waals surface area contributed by atoms with Crippen molar-refractivity contribution in [1.29, 1.82) is 0 Å². The molecule has 2 fully saturated rings. The van der Waals surface area contributed by atoms with Crippen LogP contribution in [0.4, 0.5) is 5.95 Å². The summed E-state index contributed by atoms with van der Waals surface area (Å²) in [4.78, 5) is 33.1. The van der Waals surface area contributed by atoms with Crippen LogP contribution in [0.5, 0.6) is 0 Å². The molecule has 120 valence electrons. The number of aryl methyl sites for hydroxylation is 1. The maximum atomic E-state index is 12.9. The van der Waals surface area contributed by atoms with Gasteiger partial charge in [-0.15, -0.1) is 0 Å². The molecule has 0 bridgehead atoms. The van der Waals surface area contributed by atoms with Crippen molar-refractivity contribution < 1.29 is 4.79 Å². The number of carbonyl (C=O) groups is 1. The molecule has 1 N–H and O–H groups in total. The molecule has 23 heavy (non-hydrogen) atoms. The van der Waals surface area contributed by atoms with Crippen molar-refractivity contribution in [2.24, 2.45) is 0 Å². The SMILES string of the molecule is Cc1ncc(C(=O)N2CCN(c3ncc[nH]3)CC2)c(C2CC2)n1. The second-order valence-corrected chi connectivity index (χ2v) is 6.18. The first kappa shape index (κ1) is 14.2. The molecule has 2 aromatic heterocycles. The normalized spacial score (nSPS) is 18.3. The van der Waals surface area contributed by atoms with Crippen molar-refractivity contribution in [1.82, 2.24) is 24.8 Å². The summed E-state index contributed by atoms with van der Waals surface area (Å²) in [6, 6.07) is 0. The van der Waals surface area contributed by atoms with E-state index in [2.05, 4.69) is 24.8 Å². The molecule has 1 saturated carbocycles. The second-order valence-electron chi connectivity index (χ2n) is 6.18. The number of amides is 1. The van der Waals surface area contributed by atoms with Crippen LogP contribution in [0.15, 0.2) is 18.6 Å². The van der Waals surface area contributed by atoms with E-state index in [4.69, 9.17) is 0 Å². The van der Waals surface area contributed by atoms with Gasteiger partial charge in [-0.3, -0.25) is 4.79 Å². The second kappa shape index (κ2) is 5.64. The van der Waals surface area contributed by atoms with Crippen LogP contribution in [0.1, 0.15) is 40.6 Å². The molecule has 7 heteroatoms. The zero-order valence-electron chi connectivity index (χ0n) is 13.2. The Morgan fingerprint density at radius 2 is 2.00 bits per heavy atom. The molecule has 7 nitrogen and oxygen atoms in total. The van der Waals surface area contributed by atoms with Crippen molar-refractivity contribution in [2.45, 2.75) is 25.7 Å². The van der Waals surface area contributed by atoms with Gasteiger partial charge < -0.3 is 14.8 Å². The molecule has 2 aliphatic rings. The van der Waals surface area contributed by atoms with Gasteiger partial charge in [0.05, 0.1) is 11.3 Å². The van der Waals surface area contributed by atoms with Crippen LogP contribution in [-0.4, -0.2) is 56.9 Å². The van der Waals surface area contributed by atoms with Crippen molar-refractivity contribution in [3.8, 4) is 0 Å². The molecule has 3 heterocycles. The summed E-state index contributed by atoms with van der Waals surface area (Å²) in [5, 5.41) is 0. The quantitative estimate of drug-likeness (QED) is 0.925. The molecule has 0 atom stereocenters. The Bertz CT molecular complexity index is 701. The molecular formula is C16H20N6O. The summed E-state index contributed by atoms with van der Waals surface area (Å²) < 4.78 is 0. The number of imidazole rings is 1. The largest absolute Gasteiger partial charge is 0.339 e. The standard InChI is InChI=1S/C16H20N6O/c1-11-19-10-13(14(20-11)12-2-3-12)15(23)21-6-8-22(9-7-21)16-17-4-5-18-16/h4-5,10,12H,2-3,6-9H2,1H3,(H,17,18). The minimum absolute atomic E-state index is 0.0611. The summed E-state index contributed by atoms with van der Waals surface area (Å²) in [6.45, 7) is 4.83. The molecule has 0 unspecified atom stereocenters. The van der Waals surface area contributed by atoms with Gasteiger partial charge in [-0.1, -0.05) is 0 Å². The maximum Gasteiger partial charge on any atom is 0.257 e. The van der Waals surface area contributed by atoms with Gasteiger partial charge >= 0.3 is 0 Å². The summed E-state index contributed by atoms with van der Waals surface area (Å²) >= 11 is 0. The number of rotatable bonds is 3. The predicted molar refractivity (Wildman–Crippen MR) is 85.4 cm³/mol. The molecule has 1 amide bonds. The van der Waals surface area contributed by atoms with E-state index in [9.17, 15) is 4.79 Å². The first-order valence-electron chi connectivity index (χ1n) is 8.09. The van der Waals surface area contributed by atoms with Crippen LogP contribution in [0.2, 0.25) is 0 Å². The number of aromatic nitrogens is 4. The summed E-state index contributed by atoms with van der Waals surface area (Å²) in [5.41, 5.74) is 1.63. The van der Waals surface area contributed by atoms with Crippen LogP contribution in [0, 0.1) is 6.92 Å². The van der Waals surface area contributed by atoms with E-state index in [1.807, 2.05) is 18.0 Å². The number of nitrogens with one attached hydrogen (secondary N) is 1. The molecule has 0 aromatic carbocycles. The Balaban J connectivity index is 1.48. The third-order valence-electron chi connectivity index (χ3n) is 4.48. The number of anilines is 1. The first-order valence-corrected chi connectivity index (χ1v) is 8.09. The average Bonchev–Trinajstić information content (AvgIpc) is 3.28. The Morgan fingerprint density at radius 1 is 1.22 bits per heavy atom. The van der Waals surface area contributed by atoms with Gasteiger partial charge in [0.2, 0.25) is 5.95 Å². The maximum absolute atomic E-state index is 12.9. The third-order valence-corrected chi connectivity index (χ3v) is 4.48. The molecule has 1 aliphatic heterocycles. The summed E-state index contributed by atoms with van der Waals surface area (Å²) in [6.07, 6.45) is 7.53. The lowest BCUT2D eigenvalue weighted by atomic mass is 10.1. The average molecular weight is 312 g/mol. The van der Waals surface area contributed by atoms with Crippen LogP contribution < -0.4 is 4.90 Å². The fourth-order valence-electron chi connectivity index (χ4n) is 3.04. The lowest BCUT2D eigenvalue weighted by molar-refractivity contribution is 0.0744. The van der Waals surface area contributed by atoms with E-state index in [0.29, 0.717) is 24.6 Å². The zero-order valence-corrected chi connectivity index (χ0v) is 13.2. The Hall–Kier alpha value is -2.44. The molecule has 1 aliphatic carbocycles. The first-order chi connectivity index (χ1) is 11.2. The fraction of sp³-hybridized carbons (Fsp3) is 0.500.